The molecule has 0 saturated heterocycles. The zero-order valence-electron chi connectivity index (χ0n) is 39.7. The Labute approximate surface area is 400 Å². The van der Waals surface area contributed by atoms with Crippen molar-refractivity contribution in [2.75, 3.05) is 4.90 Å². The Morgan fingerprint density at radius 1 is 0.324 bits per heavy atom. The van der Waals surface area contributed by atoms with Gasteiger partial charge in [-0.3, -0.25) is 0 Å². The summed E-state index contributed by atoms with van der Waals surface area (Å²) in [6.07, 6.45) is 0. The van der Waals surface area contributed by atoms with Gasteiger partial charge in [-0.15, -0.1) is 0 Å². The third-order valence-electron chi connectivity index (χ3n) is 13.6. The number of para-hydroxylation sites is 3. The molecule has 0 atom stereocenters. The zero-order valence-corrected chi connectivity index (χ0v) is 39.7. The minimum absolute atomic E-state index is 0.0207. The maximum atomic E-state index is 6.64. The van der Waals surface area contributed by atoms with E-state index in [9.17, 15) is 0 Å². The van der Waals surface area contributed by atoms with E-state index in [4.69, 9.17) is 4.42 Å². The molecule has 68 heavy (non-hydrogen) atoms. The normalized spacial score (nSPS) is 12.0. The molecular formula is C66H55NO. The van der Waals surface area contributed by atoms with Crippen LogP contribution >= 0.6 is 0 Å². The lowest BCUT2D eigenvalue weighted by Gasteiger charge is -2.31. The fraction of sp³-hybridized carbons (Fsp3) is 0.121. The summed E-state index contributed by atoms with van der Waals surface area (Å²) in [6, 6.07) is 82.0. The number of anilines is 3. The van der Waals surface area contributed by atoms with Crippen molar-refractivity contribution in [1.82, 2.24) is 0 Å². The number of benzene rings is 10. The first-order chi connectivity index (χ1) is 33.0. The highest BCUT2D eigenvalue weighted by Gasteiger charge is 2.26. The third-order valence-corrected chi connectivity index (χ3v) is 13.6. The summed E-state index contributed by atoms with van der Waals surface area (Å²) in [6.45, 7) is 13.9. The smallest absolute Gasteiger partial charge is 0.137 e. The minimum Gasteiger partial charge on any atom is -0.456 e. The van der Waals surface area contributed by atoms with Gasteiger partial charge in [0.05, 0.1) is 11.4 Å². The van der Waals surface area contributed by atoms with E-state index in [2.05, 4.69) is 265 Å². The molecule has 0 spiro atoms. The van der Waals surface area contributed by atoms with Gasteiger partial charge in [-0.1, -0.05) is 230 Å². The number of fused-ring (bicyclic) bond motifs is 4. The van der Waals surface area contributed by atoms with E-state index in [1.165, 1.54) is 60.8 Å². The first-order valence-corrected chi connectivity index (χ1v) is 23.8. The average Bonchev–Trinajstić information content (AvgIpc) is 3.74. The Kier molecular flexibility index (Phi) is 10.7. The average molecular weight is 878 g/mol. The van der Waals surface area contributed by atoms with Crippen LogP contribution in [0.5, 0.6) is 0 Å². The van der Waals surface area contributed by atoms with Crippen LogP contribution in [0.2, 0.25) is 0 Å². The van der Waals surface area contributed by atoms with Gasteiger partial charge in [0.2, 0.25) is 0 Å². The van der Waals surface area contributed by atoms with Crippen molar-refractivity contribution >= 4 is 49.8 Å². The van der Waals surface area contributed by atoms with Gasteiger partial charge in [0.25, 0.3) is 0 Å². The molecule has 11 rings (SSSR count). The first-order valence-electron chi connectivity index (χ1n) is 23.8. The van der Waals surface area contributed by atoms with Crippen LogP contribution in [0.15, 0.2) is 229 Å². The Bertz CT molecular complexity index is 3620. The standard InChI is InChI=1S/C66H55NO/c1-65(2,3)47-40-46(41-48(42-47)66(4,5)6)51-33-20-24-45-25-21-34-59(64(45)51)56-31-15-18-36-61(56)67(49-38-39-58-57-32-16-19-37-62(57)68-63(58)43-49)60-35-17-14-30-55(60)54-29-13-12-28-53(54)52-27-11-10-26-50(52)44-22-8-7-9-23-44/h7-43H,1-6H3. The second kappa shape index (κ2) is 17.0. The second-order valence-electron chi connectivity index (χ2n) is 20.1. The molecule has 1 heterocycles. The van der Waals surface area contributed by atoms with Crippen LogP contribution in [0, 0.1) is 0 Å². The monoisotopic (exact) mass is 877 g/mol. The van der Waals surface area contributed by atoms with Crippen LogP contribution in [0.3, 0.4) is 0 Å². The van der Waals surface area contributed by atoms with E-state index < -0.39 is 0 Å². The molecule has 1 aromatic heterocycles. The SMILES string of the molecule is CC(C)(C)c1cc(-c2cccc3cccc(-c4ccccc4N(c4ccc5c(c4)oc4ccccc45)c4ccccc4-c4ccccc4-c4ccccc4-c4ccccc4)c23)cc(C(C)(C)C)c1. The third kappa shape index (κ3) is 7.76. The molecule has 0 fully saturated rings. The van der Waals surface area contributed by atoms with E-state index in [-0.39, 0.29) is 10.8 Å². The number of nitrogens with zero attached hydrogens (tertiary/aromatic N) is 1. The van der Waals surface area contributed by atoms with Crippen LogP contribution in [-0.4, -0.2) is 0 Å². The quantitative estimate of drug-likeness (QED) is 0.151. The summed E-state index contributed by atoms with van der Waals surface area (Å²) in [5.41, 5.74) is 19.3. The lowest BCUT2D eigenvalue weighted by molar-refractivity contribution is 0.569. The summed E-state index contributed by atoms with van der Waals surface area (Å²) < 4.78 is 6.64. The number of furan rings is 1. The molecule has 0 N–H and O–H groups in total. The lowest BCUT2D eigenvalue weighted by Crippen LogP contribution is -2.16. The number of rotatable bonds is 8. The molecule has 2 nitrogen and oxygen atoms in total. The van der Waals surface area contributed by atoms with Gasteiger partial charge in [-0.05, 0) is 108 Å². The van der Waals surface area contributed by atoms with Crippen molar-refractivity contribution in [2.45, 2.75) is 52.4 Å². The fourth-order valence-electron chi connectivity index (χ4n) is 10.0. The summed E-state index contributed by atoms with van der Waals surface area (Å²) in [7, 11) is 0. The van der Waals surface area contributed by atoms with Crippen molar-refractivity contribution in [3.05, 3.63) is 236 Å². The van der Waals surface area contributed by atoms with Gasteiger partial charge >= 0.3 is 0 Å². The molecule has 0 unspecified atom stereocenters. The summed E-state index contributed by atoms with van der Waals surface area (Å²) in [5.74, 6) is 0. The topological polar surface area (TPSA) is 16.4 Å². The van der Waals surface area contributed by atoms with E-state index in [0.29, 0.717) is 0 Å². The zero-order chi connectivity index (χ0) is 46.6. The molecule has 2 heteroatoms. The van der Waals surface area contributed by atoms with Gasteiger partial charge in [0.1, 0.15) is 11.2 Å². The molecule has 10 aromatic carbocycles. The Morgan fingerprint density at radius 3 is 1.43 bits per heavy atom. The highest BCUT2D eigenvalue weighted by Crippen LogP contribution is 2.50. The summed E-state index contributed by atoms with van der Waals surface area (Å²) >= 11 is 0. The van der Waals surface area contributed by atoms with Crippen molar-refractivity contribution < 1.29 is 4.42 Å². The molecule has 11 aromatic rings. The van der Waals surface area contributed by atoms with E-state index in [1.54, 1.807) is 0 Å². The Morgan fingerprint density at radius 2 is 0.794 bits per heavy atom. The number of hydrogen-bond donors (Lipinski definition) is 0. The van der Waals surface area contributed by atoms with Crippen LogP contribution in [-0.2, 0) is 10.8 Å². The van der Waals surface area contributed by atoms with Crippen LogP contribution < -0.4 is 4.90 Å². The number of hydrogen-bond acceptors (Lipinski definition) is 2. The maximum absolute atomic E-state index is 6.64. The summed E-state index contributed by atoms with van der Waals surface area (Å²) in [4.78, 5) is 2.45. The van der Waals surface area contributed by atoms with Crippen LogP contribution in [0.25, 0.3) is 88.3 Å². The maximum Gasteiger partial charge on any atom is 0.137 e. The molecule has 0 amide bonds. The van der Waals surface area contributed by atoms with Gasteiger partial charge in [-0.2, -0.15) is 0 Å². The second-order valence-corrected chi connectivity index (χ2v) is 20.1. The molecule has 0 aliphatic rings. The fourth-order valence-corrected chi connectivity index (χ4v) is 10.0. The highest BCUT2D eigenvalue weighted by atomic mass is 16.3. The lowest BCUT2D eigenvalue weighted by atomic mass is 9.78. The molecule has 0 aliphatic heterocycles. The highest BCUT2D eigenvalue weighted by molar-refractivity contribution is 6.11. The van der Waals surface area contributed by atoms with Gasteiger partial charge in [-0.25, -0.2) is 0 Å². The van der Waals surface area contributed by atoms with E-state index in [0.717, 1.165) is 55.7 Å². The largest absolute Gasteiger partial charge is 0.456 e. The molecule has 0 bridgehead atoms. The van der Waals surface area contributed by atoms with Crippen molar-refractivity contribution in [1.29, 1.82) is 0 Å². The van der Waals surface area contributed by atoms with Crippen LogP contribution in [0.1, 0.15) is 52.7 Å². The molecule has 0 aliphatic carbocycles. The van der Waals surface area contributed by atoms with Gasteiger partial charge < -0.3 is 9.32 Å². The molecule has 0 radical (unpaired) electrons. The molecule has 330 valence electrons. The van der Waals surface area contributed by atoms with Crippen LogP contribution in [0.4, 0.5) is 17.1 Å². The van der Waals surface area contributed by atoms with Crippen molar-refractivity contribution in [3.8, 4) is 55.6 Å². The van der Waals surface area contributed by atoms with Gasteiger partial charge in [0.15, 0.2) is 0 Å². The van der Waals surface area contributed by atoms with Gasteiger partial charge in [0, 0.05) is 33.7 Å². The minimum atomic E-state index is -0.0207. The van der Waals surface area contributed by atoms with E-state index in [1.807, 2.05) is 6.07 Å². The molecular weight excluding hydrogens is 823 g/mol. The molecule has 0 saturated carbocycles. The summed E-state index contributed by atoms with van der Waals surface area (Å²) in [5, 5.41) is 4.65. The first kappa shape index (κ1) is 42.7. The Balaban J connectivity index is 1.17. The predicted molar refractivity (Wildman–Crippen MR) is 290 cm³/mol. The van der Waals surface area contributed by atoms with Crippen molar-refractivity contribution in [3.63, 3.8) is 0 Å². The van der Waals surface area contributed by atoms with Crippen molar-refractivity contribution in [2.24, 2.45) is 0 Å². The predicted octanol–water partition coefficient (Wildman–Crippen LogP) is 19.1. The van der Waals surface area contributed by atoms with E-state index >= 15 is 0 Å². The Hall–Kier alpha value is -7.94.